The lowest BCUT2D eigenvalue weighted by atomic mass is 10.1. The van der Waals surface area contributed by atoms with Crippen molar-refractivity contribution >= 4 is 17.2 Å². The fourth-order valence-electron chi connectivity index (χ4n) is 1.59. The lowest BCUT2D eigenvalue weighted by Crippen LogP contribution is -1.93. The molecular formula is C15H15NO. The zero-order valence-corrected chi connectivity index (χ0v) is 10.0. The topological polar surface area (TPSA) is 29.1 Å². The normalized spacial score (nSPS) is 10.0. The maximum atomic E-state index is 11.1. The predicted molar refractivity (Wildman–Crippen MR) is 70.9 cm³/mol. The van der Waals surface area contributed by atoms with Crippen molar-refractivity contribution in [2.24, 2.45) is 0 Å². The third-order valence-electron chi connectivity index (χ3n) is 2.63. The van der Waals surface area contributed by atoms with Crippen molar-refractivity contribution in [2.75, 3.05) is 5.32 Å². The van der Waals surface area contributed by atoms with Crippen LogP contribution in [0.3, 0.4) is 0 Å². The van der Waals surface area contributed by atoms with E-state index in [0.29, 0.717) is 0 Å². The first-order valence-electron chi connectivity index (χ1n) is 5.60. The second-order valence-corrected chi connectivity index (χ2v) is 4.12. The lowest BCUT2D eigenvalue weighted by molar-refractivity contribution is 0.101. The molecule has 1 N–H and O–H groups in total. The highest BCUT2D eigenvalue weighted by molar-refractivity contribution is 5.94. The molecule has 0 amide bonds. The number of ketones is 1. The summed E-state index contributed by atoms with van der Waals surface area (Å²) in [6.07, 6.45) is 0. The summed E-state index contributed by atoms with van der Waals surface area (Å²) in [5, 5.41) is 3.29. The van der Waals surface area contributed by atoms with Gasteiger partial charge < -0.3 is 5.32 Å². The van der Waals surface area contributed by atoms with Gasteiger partial charge in [-0.05, 0) is 50.2 Å². The molecule has 0 radical (unpaired) electrons. The van der Waals surface area contributed by atoms with Crippen LogP contribution in [0.5, 0.6) is 0 Å². The summed E-state index contributed by atoms with van der Waals surface area (Å²) >= 11 is 0. The van der Waals surface area contributed by atoms with E-state index in [-0.39, 0.29) is 5.78 Å². The minimum Gasteiger partial charge on any atom is -0.356 e. The van der Waals surface area contributed by atoms with Crippen molar-refractivity contribution < 1.29 is 4.79 Å². The summed E-state index contributed by atoms with van der Waals surface area (Å²) in [4.78, 5) is 11.1. The molecule has 2 heteroatoms. The number of carbonyl (C=O) groups excluding carboxylic acids is 1. The van der Waals surface area contributed by atoms with Crippen LogP contribution in [0.4, 0.5) is 11.4 Å². The van der Waals surface area contributed by atoms with Gasteiger partial charge in [-0.2, -0.15) is 0 Å². The zero-order chi connectivity index (χ0) is 12.3. The molecule has 17 heavy (non-hydrogen) atoms. The van der Waals surface area contributed by atoms with Gasteiger partial charge in [-0.3, -0.25) is 4.79 Å². The monoisotopic (exact) mass is 225 g/mol. The minimum atomic E-state index is 0.0897. The molecule has 0 bridgehead atoms. The standard InChI is InChI=1S/C15H15NO/c1-11-3-7-14(8-4-11)16-15-9-5-13(6-10-15)12(2)17/h3-10,16H,1-2H3. The maximum absolute atomic E-state index is 11.1. The van der Waals surface area contributed by atoms with Crippen LogP contribution in [0.15, 0.2) is 48.5 Å². The number of hydrogen-bond donors (Lipinski definition) is 1. The number of carbonyl (C=O) groups is 1. The molecule has 0 saturated heterocycles. The van der Waals surface area contributed by atoms with E-state index in [1.165, 1.54) is 5.56 Å². The summed E-state index contributed by atoms with van der Waals surface area (Å²) < 4.78 is 0. The van der Waals surface area contributed by atoms with E-state index in [2.05, 4.69) is 24.4 Å². The molecule has 0 atom stereocenters. The molecule has 0 aliphatic rings. The average Bonchev–Trinajstić information content (AvgIpc) is 2.33. The van der Waals surface area contributed by atoms with Crippen molar-refractivity contribution in [2.45, 2.75) is 13.8 Å². The highest BCUT2D eigenvalue weighted by Crippen LogP contribution is 2.17. The van der Waals surface area contributed by atoms with Crippen LogP contribution >= 0.6 is 0 Å². The van der Waals surface area contributed by atoms with Crippen LogP contribution in [0.1, 0.15) is 22.8 Å². The molecule has 0 spiro atoms. The van der Waals surface area contributed by atoms with Crippen LogP contribution in [0.2, 0.25) is 0 Å². The third-order valence-corrected chi connectivity index (χ3v) is 2.63. The molecule has 0 unspecified atom stereocenters. The highest BCUT2D eigenvalue weighted by Gasteiger charge is 1.99. The number of anilines is 2. The molecule has 0 fully saturated rings. The van der Waals surface area contributed by atoms with Crippen LogP contribution in [-0.2, 0) is 0 Å². The van der Waals surface area contributed by atoms with Gasteiger partial charge in [0, 0.05) is 16.9 Å². The van der Waals surface area contributed by atoms with Gasteiger partial charge in [0.05, 0.1) is 0 Å². The molecule has 0 saturated carbocycles. The van der Waals surface area contributed by atoms with Gasteiger partial charge in [-0.1, -0.05) is 17.7 Å². The van der Waals surface area contributed by atoms with Gasteiger partial charge in [0.25, 0.3) is 0 Å². The quantitative estimate of drug-likeness (QED) is 0.801. The van der Waals surface area contributed by atoms with Gasteiger partial charge in [0.15, 0.2) is 5.78 Å². The molecule has 2 aromatic carbocycles. The van der Waals surface area contributed by atoms with Crippen molar-refractivity contribution in [3.05, 3.63) is 59.7 Å². The Hall–Kier alpha value is -2.09. The Labute approximate surface area is 101 Å². The van der Waals surface area contributed by atoms with E-state index in [4.69, 9.17) is 0 Å². The van der Waals surface area contributed by atoms with E-state index in [1.807, 2.05) is 36.4 Å². The van der Waals surface area contributed by atoms with Crippen LogP contribution in [0, 0.1) is 6.92 Å². The van der Waals surface area contributed by atoms with Crippen molar-refractivity contribution in [1.29, 1.82) is 0 Å². The Morgan fingerprint density at radius 1 is 0.882 bits per heavy atom. The van der Waals surface area contributed by atoms with Gasteiger partial charge >= 0.3 is 0 Å². The molecule has 2 nitrogen and oxygen atoms in total. The molecular weight excluding hydrogens is 210 g/mol. The highest BCUT2D eigenvalue weighted by atomic mass is 16.1. The minimum absolute atomic E-state index is 0.0897. The Morgan fingerprint density at radius 2 is 1.35 bits per heavy atom. The molecule has 2 aromatic rings. The van der Waals surface area contributed by atoms with E-state index in [0.717, 1.165) is 16.9 Å². The number of hydrogen-bond acceptors (Lipinski definition) is 2. The Balaban J connectivity index is 2.13. The second-order valence-electron chi connectivity index (χ2n) is 4.12. The van der Waals surface area contributed by atoms with E-state index in [9.17, 15) is 4.79 Å². The van der Waals surface area contributed by atoms with Gasteiger partial charge in [-0.15, -0.1) is 0 Å². The number of nitrogens with one attached hydrogen (secondary N) is 1. The van der Waals surface area contributed by atoms with Crippen LogP contribution in [-0.4, -0.2) is 5.78 Å². The number of aryl methyl sites for hydroxylation is 1. The number of Topliss-reactive ketones (excluding diaryl/α,β-unsaturated/α-hetero) is 1. The summed E-state index contributed by atoms with van der Waals surface area (Å²) in [5.41, 5.74) is 4.01. The first-order chi connectivity index (χ1) is 8.15. The Bertz CT molecular complexity index is 512. The fraction of sp³-hybridized carbons (Fsp3) is 0.133. The van der Waals surface area contributed by atoms with Gasteiger partial charge in [0.2, 0.25) is 0 Å². The van der Waals surface area contributed by atoms with E-state index < -0.39 is 0 Å². The van der Waals surface area contributed by atoms with E-state index in [1.54, 1.807) is 6.92 Å². The molecule has 2 rings (SSSR count). The summed E-state index contributed by atoms with van der Waals surface area (Å²) in [6, 6.07) is 15.7. The first-order valence-corrected chi connectivity index (χ1v) is 5.60. The second kappa shape index (κ2) is 4.83. The molecule has 0 heterocycles. The van der Waals surface area contributed by atoms with Crippen LogP contribution in [0.25, 0.3) is 0 Å². The number of rotatable bonds is 3. The summed E-state index contributed by atoms with van der Waals surface area (Å²) in [5.74, 6) is 0.0897. The number of benzene rings is 2. The van der Waals surface area contributed by atoms with Crippen molar-refractivity contribution in [1.82, 2.24) is 0 Å². The summed E-state index contributed by atoms with van der Waals surface area (Å²) in [7, 11) is 0. The Morgan fingerprint density at radius 3 is 1.82 bits per heavy atom. The molecule has 86 valence electrons. The smallest absolute Gasteiger partial charge is 0.159 e. The largest absolute Gasteiger partial charge is 0.356 e. The summed E-state index contributed by atoms with van der Waals surface area (Å²) in [6.45, 7) is 3.63. The SMILES string of the molecule is CC(=O)c1ccc(Nc2ccc(C)cc2)cc1. The van der Waals surface area contributed by atoms with Crippen molar-refractivity contribution in [3.8, 4) is 0 Å². The van der Waals surface area contributed by atoms with Crippen molar-refractivity contribution in [3.63, 3.8) is 0 Å². The fourth-order valence-corrected chi connectivity index (χ4v) is 1.59. The molecule has 0 aromatic heterocycles. The average molecular weight is 225 g/mol. The maximum Gasteiger partial charge on any atom is 0.159 e. The van der Waals surface area contributed by atoms with Crippen LogP contribution < -0.4 is 5.32 Å². The molecule has 0 aliphatic heterocycles. The van der Waals surface area contributed by atoms with E-state index >= 15 is 0 Å². The predicted octanol–water partition coefficient (Wildman–Crippen LogP) is 3.94. The zero-order valence-electron chi connectivity index (χ0n) is 10.0. The lowest BCUT2D eigenvalue weighted by Gasteiger charge is -2.07. The van der Waals surface area contributed by atoms with Gasteiger partial charge in [0.1, 0.15) is 0 Å². The first kappa shape index (κ1) is 11.4. The Kier molecular flexibility index (Phi) is 3.24. The molecule has 0 aliphatic carbocycles. The third kappa shape index (κ3) is 2.94. The van der Waals surface area contributed by atoms with Gasteiger partial charge in [-0.25, -0.2) is 0 Å².